The predicted octanol–water partition coefficient (Wildman–Crippen LogP) is 2.71. The molecule has 0 atom stereocenters. The summed E-state index contributed by atoms with van der Waals surface area (Å²) in [7, 11) is 0. The van der Waals surface area contributed by atoms with E-state index in [1.165, 1.54) is 0 Å². The van der Waals surface area contributed by atoms with E-state index in [9.17, 15) is 0 Å². The van der Waals surface area contributed by atoms with Crippen molar-refractivity contribution in [2.24, 2.45) is 5.92 Å². The molecule has 2 nitrogen and oxygen atoms in total. The summed E-state index contributed by atoms with van der Waals surface area (Å²) in [5.74, 6) is 0.833. The summed E-state index contributed by atoms with van der Waals surface area (Å²) in [5.41, 5.74) is 0. The fourth-order valence-electron chi connectivity index (χ4n) is 0.215. The molecule has 1 aromatic heterocycles. The lowest BCUT2D eigenvalue weighted by Gasteiger charge is -1.79. The zero-order valence-electron chi connectivity index (χ0n) is 6.26. The standard InChI is InChI=1S/C4H10.C3H4N2.CH4/c1-4(2)3;1-2-4-5-3-1;/h4H,1-3H3;1-3H,(H,4,5);1H4. The normalized spacial score (nSPS) is 7.60. The van der Waals surface area contributed by atoms with Crippen LogP contribution in [0.2, 0.25) is 0 Å². The molecular formula is C8H18N2. The average molecular weight is 142 g/mol. The highest BCUT2D eigenvalue weighted by atomic mass is 15.1. The van der Waals surface area contributed by atoms with Crippen molar-refractivity contribution >= 4 is 0 Å². The Labute approximate surface area is 63.7 Å². The maximum absolute atomic E-state index is 3.60. The molecule has 0 unspecified atom stereocenters. The van der Waals surface area contributed by atoms with Gasteiger partial charge in [-0.05, 0) is 12.0 Å². The largest absolute Gasteiger partial charge is 0.286 e. The Kier molecular flexibility index (Phi) is 9.80. The van der Waals surface area contributed by atoms with Gasteiger partial charge in [-0.25, -0.2) is 0 Å². The van der Waals surface area contributed by atoms with Crippen LogP contribution in [0.15, 0.2) is 18.5 Å². The Balaban J connectivity index is 0. The molecule has 0 aliphatic rings. The Morgan fingerprint density at radius 2 is 1.80 bits per heavy atom. The molecule has 1 heterocycles. The predicted molar refractivity (Wildman–Crippen MR) is 45.8 cm³/mol. The Bertz CT molecular complexity index is 90.8. The van der Waals surface area contributed by atoms with E-state index in [0.717, 1.165) is 5.92 Å². The monoisotopic (exact) mass is 142 g/mol. The molecule has 0 aliphatic heterocycles. The third-order valence-electron chi connectivity index (χ3n) is 0.406. The molecule has 0 radical (unpaired) electrons. The van der Waals surface area contributed by atoms with Gasteiger partial charge in [0.2, 0.25) is 0 Å². The van der Waals surface area contributed by atoms with Gasteiger partial charge >= 0.3 is 0 Å². The highest BCUT2D eigenvalue weighted by Crippen LogP contribution is 1.81. The first-order valence-electron chi connectivity index (χ1n) is 3.17. The van der Waals surface area contributed by atoms with Crippen molar-refractivity contribution in [1.82, 2.24) is 10.2 Å². The van der Waals surface area contributed by atoms with Gasteiger partial charge in [-0.2, -0.15) is 5.10 Å². The van der Waals surface area contributed by atoms with Crippen LogP contribution in [0.3, 0.4) is 0 Å². The molecule has 0 aliphatic carbocycles. The molecule has 0 fully saturated rings. The lowest BCUT2D eigenvalue weighted by atomic mass is 10.3. The van der Waals surface area contributed by atoms with Crippen molar-refractivity contribution in [2.75, 3.05) is 0 Å². The molecule has 0 amide bonds. The Morgan fingerprint density at radius 1 is 1.30 bits per heavy atom. The molecule has 2 heteroatoms. The van der Waals surface area contributed by atoms with Crippen LogP contribution in [0.25, 0.3) is 0 Å². The lowest BCUT2D eigenvalue weighted by molar-refractivity contribution is 0.737. The van der Waals surface area contributed by atoms with E-state index in [1.54, 1.807) is 12.4 Å². The smallest absolute Gasteiger partial charge is 0.0487 e. The second-order valence-corrected chi connectivity index (χ2v) is 2.50. The molecule has 0 aromatic carbocycles. The zero-order valence-corrected chi connectivity index (χ0v) is 6.26. The van der Waals surface area contributed by atoms with Crippen LogP contribution in [-0.4, -0.2) is 10.2 Å². The third kappa shape index (κ3) is 15.7. The Morgan fingerprint density at radius 3 is 1.90 bits per heavy atom. The molecule has 1 rings (SSSR count). The maximum Gasteiger partial charge on any atom is 0.0487 e. The lowest BCUT2D eigenvalue weighted by Crippen LogP contribution is -1.66. The van der Waals surface area contributed by atoms with Gasteiger partial charge in [0.05, 0.1) is 0 Å². The zero-order chi connectivity index (χ0) is 7.11. The SMILES string of the molecule is C.CC(C)C.c1cn[nH]c1. The Hall–Kier alpha value is -0.790. The maximum atomic E-state index is 3.60. The van der Waals surface area contributed by atoms with Crippen molar-refractivity contribution in [3.8, 4) is 0 Å². The minimum atomic E-state index is 0. The molecule has 0 saturated carbocycles. The summed E-state index contributed by atoms with van der Waals surface area (Å²) in [5, 5.41) is 6.21. The van der Waals surface area contributed by atoms with Crippen molar-refractivity contribution in [1.29, 1.82) is 0 Å². The van der Waals surface area contributed by atoms with E-state index in [-0.39, 0.29) is 7.43 Å². The molecular weight excluding hydrogens is 124 g/mol. The van der Waals surface area contributed by atoms with Crippen LogP contribution >= 0.6 is 0 Å². The van der Waals surface area contributed by atoms with Crippen molar-refractivity contribution < 1.29 is 0 Å². The number of rotatable bonds is 0. The van der Waals surface area contributed by atoms with E-state index in [4.69, 9.17) is 0 Å². The number of nitrogens with zero attached hydrogens (tertiary/aromatic N) is 1. The van der Waals surface area contributed by atoms with E-state index in [0.29, 0.717) is 0 Å². The summed E-state index contributed by atoms with van der Waals surface area (Å²) < 4.78 is 0. The van der Waals surface area contributed by atoms with Gasteiger partial charge in [-0.1, -0.05) is 28.2 Å². The van der Waals surface area contributed by atoms with Gasteiger partial charge < -0.3 is 0 Å². The third-order valence-corrected chi connectivity index (χ3v) is 0.406. The van der Waals surface area contributed by atoms with Crippen LogP contribution in [0, 0.1) is 5.92 Å². The van der Waals surface area contributed by atoms with Gasteiger partial charge in [-0.15, -0.1) is 0 Å². The van der Waals surface area contributed by atoms with Crippen LogP contribution in [0.5, 0.6) is 0 Å². The van der Waals surface area contributed by atoms with Gasteiger partial charge in [0.1, 0.15) is 0 Å². The van der Waals surface area contributed by atoms with E-state index >= 15 is 0 Å². The highest BCUT2D eigenvalue weighted by Gasteiger charge is 1.68. The molecule has 1 aromatic rings. The van der Waals surface area contributed by atoms with Gasteiger partial charge in [0.15, 0.2) is 0 Å². The van der Waals surface area contributed by atoms with Gasteiger partial charge in [0.25, 0.3) is 0 Å². The van der Waals surface area contributed by atoms with Crippen LogP contribution in [-0.2, 0) is 0 Å². The quantitative estimate of drug-likeness (QED) is 0.592. The van der Waals surface area contributed by atoms with E-state index in [1.807, 2.05) is 6.07 Å². The molecule has 1 N–H and O–H groups in total. The summed E-state index contributed by atoms with van der Waals surface area (Å²) in [6, 6.07) is 1.83. The van der Waals surface area contributed by atoms with Gasteiger partial charge in [0, 0.05) is 12.4 Å². The summed E-state index contributed by atoms with van der Waals surface area (Å²) in [6.45, 7) is 6.50. The van der Waals surface area contributed by atoms with Crippen LogP contribution in [0.4, 0.5) is 0 Å². The number of aromatic amines is 1. The van der Waals surface area contributed by atoms with E-state index < -0.39 is 0 Å². The van der Waals surface area contributed by atoms with Crippen molar-refractivity contribution in [3.05, 3.63) is 18.5 Å². The first kappa shape index (κ1) is 11.9. The molecule has 0 spiro atoms. The minimum Gasteiger partial charge on any atom is -0.286 e. The fraction of sp³-hybridized carbons (Fsp3) is 0.625. The van der Waals surface area contributed by atoms with E-state index in [2.05, 4.69) is 31.0 Å². The summed E-state index contributed by atoms with van der Waals surface area (Å²) >= 11 is 0. The molecule has 60 valence electrons. The first-order chi connectivity index (χ1) is 4.23. The first-order valence-corrected chi connectivity index (χ1v) is 3.17. The number of nitrogens with one attached hydrogen (secondary N) is 1. The topological polar surface area (TPSA) is 28.7 Å². The number of hydrogen-bond donors (Lipinski definition) is 1. The van der Waals surface area contributed by atoms with Gasteiger partial charge in [-0.3, -0.25) is 5.10 Å². The highest BCUT2D eigenvalue weighted by molar-refractivity contribution is 4.72. The molecule has 10 heavy (non-hydrogen) atoms. The molecule has 0 saturated heterocycles. The van der Waals surface area contributed by atoms with Crippen molar-refractivity contribution in [2.45, 2.75) is 28.2 Å². The fourth-order valence-corrected chi connectivity index (χ4v) is 0.215. The number of H-pyrrole nitrogens is 1. The second kappa shape index (κ2) is 8.21. The number of aromatic nitrogens is 2. The minimum absolute atomic E-state index is 0. The average Bonchev–Trinajstić information content (AvgIpc) is 2.11. The van der Waals surface area contributed by atoms with Crippen LogP contribution < -0.4 is 0 Å². The number of hydrogen-bond acceptors (Lipinski definition) is 1. The van der Waals surface area contributed by atoms with Crippen molar-refractivity contribution in [3.63, 3.8) is 0 Å². The molecule has 0 bridgehead atoms. The van der Waals surface area contributed by atoms with Crippen LogP contribution in [0.1, 0.15) is 28.2 Å². The second-order valence-electron chi connectivity index (χ2n) is 2.50. The summed E-state index contributed by atoms with van der Waals surface area (Å²) in [6.07, 6.45) is 3.46. The summed E-state index contributed by atoms with van der Waals surface area (Å²) in [4.78, 5) is 0.